The Morgan fingerprint density at radius 1 is 0.651 bits per heavy atom. The van der Waals surface area contributed by atoms with Crippen LogP contribution in [0.25, 0.3) is 56.1 Å². The number of para-hydroxylation sites is 1. The van der Waals surface area contributed by atoms with Gasteiger partial charge in [0.15, 0.2) is 17.5 Å². The van der Waals surface area contributed by atoms with Gasteiger partial charge in [0.05, 0.1) is 17.2 Å². The van der Waals surface area contributed by atoms with Crippen LogP contribution in [-0.2, 0) is 5.41 Å². The zero-order valence-electron chi connectivity index (χ0n) is 23.8. The summed E-state index contributed by atoms with van der Waals surface area (Å²) in [5.41, 5.74) is 6.63. The number of benzene rings is 4. The molecule has 208 valence electrons. The van der Waals surface area contributed by atoms with Crippen molar-refractivity contribution >= 4 is 21.9 Å². The zero-order valence-corrected chi connectivity index (χ0v) is 23.8. The lowest BCUT2D eigenvalue weighted by Gasteiger charge is -2.57. The monoisotopic (exact) mass is 558 g/mol. The predicted molar refractivity (Wildman–Crippen MR) is 168 cm³/mol. The molecule has 6 aromatic rings. The van der Waals surface area contributed by atoms with Crippen molar-refractivity contribution < 1.29 is 4.42 Å². The molecule has 4 aromatic carbocycles. The standard InChI is InChI=1S/C38H30N4O/c39-22-23-9-14-33-32(18-23)30-7-4-8-31(34(30)43-33)37-41-35(27-5-2-1-3-6-27)40-36(42-37)28-10-12-29(13-11-28)38-19-24-15-25(20-38)17-26(16-24)21-38/h1-14,18,24-26H,15-17,19-21H2. The average Bonchev–Trinajstić information content (AvgIpc) is 3.42. The Labute approximate surface area is 250 Å². The summed E-state index contributed by atoms with van der Waals surface area (Å²) >= 11 is 0. The van der Waals surface area contributed by atoms with Crippen molar-refractivity contribution in [3.05, 3.63) is 102 Å². The van der Waals surface area contributed by atoms with E-state index in [0.29, 0.717) is 34.0 Å². The van der Waals surface area contributed by atoms with Crippen LogP contribution in [0.3, 0.4) is 0 Å². The van der Waals surface area contributed by atoms with Crippen LogP contribution in [-0.4, -0.2) is 15.0 Å². The second-order valence-electron chi connectivity index (χ2n) is 13.1. The fourth-order valence-corrected chi connectivity index (χ4v) is 8.82. The highest BCUT2D eigenvalue weighted by atomic mass is 16.3. The molecule has 0 amide bonds. The molecule has 4 saturated carbocycles. The van der Waals surface area contributed by atoms with Crippen molar-refractivity contribution in [3.63, 3.8) is 0 Å². The molecule has 5 heteroatoms. The minimum absolute atomic E-state index is 0.356. The number of rotatable bonds is 4. The second-order valence-corrected chi connectivity index (χ2v) is 13.1. The molecule has 10 rings (SSSR count). The van der Waals surface area contributed by atoms with Gasteiger partial charge < -0.3 is 4.42 Å². The number of hydrogen-bond acceptors (Lipinski definition) is 5. The van der Waals surface area contributed by atoms with Gasteiger partial charge in [-0.1, -0.05) is 66.7 Å². The lowest BCUT2D eigenvalue weighted by molar-refractivity contribution is -0.00518. The molecule has 0 N–H and O–H groups in total. The van der Waals surface area contributed by atoms with E-state index in [-0.39, 0.29) is 0 Å². The summed E-state index contributed by atoms with van der Waals surface area (Å²) in [6, 6.07) is 33.0. The largest absolute Gasteiger partial charge is 0.455 e. The van der Waals surface area contributed by atoms with Gasteiger partial charge in [-0.15, -0.1) is 0 Å². The minimum atomic E-state index is 0.356. The van der Waals surface area contributed by atoms with E-state index in [4.69, 9.17) is 19.4 Å². The number of nitrogens with zero attached hydrogens (tertiary/aromatic N) is 4. The topological polar surface area (TPSA) is 75.6 Å². The molecule has 0 aliphatic heterocycles. The third-order valence-corrected chi connectivity index (χ3v) is 10.3. The molecule has 4 aliphatic carbocycles. The molecular weight excluding hydrogens is 528 g/mol. The molecule has 0 radical (unpaired) electrons. The molecule has 43 heavy (non-hydrogen) atoms. The molecule has 4 aliphatic rings. The molecule has 4 bridgehead atoms. The number of furan rings is 1. The fourth-order valence-electron chi connectivity index (χ4n) is 8.82. The van der Waals surface area contributed by atoms with Crippen molar-refractivity contribution in [1.82, 2.24) is 15.0 Å². The Morgan fingerprint density at radius 3 is 1.98 bits per heavy atom. The van der Waals surface area contributed by atoms with Crippen molar-refractivity contribution in [1.29, 1.82) is 5.26 Å². The van der Waals surface area contributed by atoms with Crippen molar-refractivity contribution in [2.45, 2.75) is 43.9 Å². The van der Waals surface area contributed by atoms with E-state index in [2.05, 4.69) is 30.3 Å². The molecule has 0 saturated heterocycles. The van der Waals surface area contributed by atoms with Gasteiger partial charge in [-0.25, -0.2) is 15.0 Å². The van der Waals surface area contributed by atoms with Gasteiger partial charge in [0.25, 0.3) is 0 Å². The normalized spacial score (nSPS) is 24.0. The highest BCUT2D eigenvalue weighted by molar-refractivity contribution is 6.09. The van der Waals surface area contributed by atoms with Gasteiger partial charge in [0.1, 0.15) is 11.2 Å². The van der Waals surface area contributed by atoms with Crippen molar-refractivity contribution in [2.24, 2.45) is 17.8 Å². The Bertz CT molecular complexity index is 2030. The van der Waals surface area contributed by atoms with Crippen LogP contribution in [0.4, 0.5) is 0 Å². The lowest BCUT2D eigenvalue weighted by atomic mass is 9.48. The summed E-state index contributed by atoms with van der Waals surface area (Å²) in [6.45, 7) is 0. The summed E-state index contributed by atoms with van der Waals surface area (Å²) in [5, 5.41) is 11.3. The SMILES string of the molecule is N#Cc1ccc2oc3c(-c4nc(-c5ccccc5)nc(-c5ccc(C67CC8CC(CC(C8)C6)C7)cc5)n4)cccc3c2c1. The summed E-state index contributed by atoms with van der Waals surface area (Å²) in [4.78, 5) is 15.0. The van der Waals surface area contributed by atoms with E-state index in [9.17, 15) is 5.26 Å². The van der Waals surface area contributed by atoms with E-state index in [1.54, 1.807) is 6.07 Å². The van der Waals surface area contributed by atoms with E-state index < -0.39 is 0 Å². The summed E-state index contributed by atoms with van der Waals surface area (Å²) in [5.74, 6) is 4.60. The van der Waals surface area contributed by atoms with Crippen LogP contribution < -0.4 is 0 Å². The number of nitriles is 1. The van der Waals surface area contributed by atoms with Crippen LogP contribution in [0, 0.1) is 29.1 Å². The summed E-state index contributed by atoms with van der Waals surface area (Å²) in [6.07, 6.45) is 8.40. The van der Waals surface area contributed by atoms with E-state index in [1.807, 2.05) is 60.7 Å². The highest BCUT2D eigenvalue weighted by Crippen LogP contribution is 2.60. The van der Waals surface area contributed by atoms with Crippen LogP contribution in [0.2, 0.25) is 0 Å². The molecular formula is C38H30N4O. The number of fused-ring (bicyclic) bond motifs is 3. The maximum Gasteiger partial charge on any atom is 0.167 e. The van der Waals surface area contributed by atoms with E-state index in [1.165, 1.54) is 44.1 Å². The van der Waals surface area contributed by atoms with Gasteiger partial charge >= 0.3 is 0 Å². The first-order valence-electron chi connectivity index (χ1n) is 15.4. The van der Waals surface area contributed by atoms with Gasteiger partial charge in [-0.3, -0.25) is 0 Å². The summed E-state index contributed by atoms with van der Waals surface area (Å²) < 4.78 is 6.35. The van der Waals surface area contributed by atoms with E-state index in [0.717, 1.165) is 50.8 Å². The van der Waals surface area contributed by atoms with Crippen LogP contribution in [0.1, 0.15) is 49.7 Å². The minimum Gasteiger partial charge on any atom is -0.455 e. The average molecular weight is 559 g/mol. The Hall–Kier alpha value is -4.82. The van der Waals surface area contributed by atoms with Crippen LogP contribution in [0.5, 0.6) is 0 Å². The van der Waals surface area contributed by atoms with Crippen molar-refractivity contribution in [3.8, 4) is 40.2 Å². The maximum absolute atomic E-state index is 9.46. The number of aromatic nitrogens is 3. The first kappa shape index (κ1) is 24.7. The van der Waals surface area contributed by atoms with Crippen LogP contribution in [0.15, 0.2) is 95.4 Å². The molecule has 2 aromatic heterocycles. The smallest absolute Gasteiger partial charge is 0.167 e. The molecule has 5 nitrogen and oxygen atoms in total. The first-order chi connectivity index (χ1) is 21.1. The molecule has 0 spiro atoms. The van der Waals surface area contributed by atoms with Crippen LogP contribution >= 0.6 is 0 Å². The van der Waals surface area contributed by atoms with Gasteiger partial charge in [-0.2, -0.15) is 5.26 Å². The quantitative estimate of drug-likeness (QED) is 0.216. The fraction of sp³-hybridized carbons (Fsp3) is 0.263. The molecule has 2 heterocycles. The highest BCUT2D eigenvalue weighted by Gasteiger charge is 2.51. The zero-order chi connectivity index (χ0) is 28.5. The van der Waals surface area contributed by atoms with Crippen molar-refractivity contribution in [2.75, 3.05) is 0 Å². The molecule has 0 atom stereocenters. The Balaban J connectivity index is 1.17. The van der Waals surface area contributed by atoms with Gasteiger partial charge in [0, 0.05) is 21.9 Å². The molecule has 0 unspecified atom stereocenters. The lowest BCUT2D eigenvalue weighted by Crippen LogP contribution is -2.48. The van der Waals surface area contributed by atoms with Gasteiger partial charge in [0.2, 0.25) is 0 Å². The third kappa shape index (κ3) is 4.01. The third-order valence-electron chi connectivity index (χ3n) is 10.3. The van der Waals surface area contributed by atoms with Gasteiger partial charge in [-0.05, 0) is 91.5 Å². The summed E-state index contributed by atoms with van der Waals surface area (Å²) in [7, 11) is 0. The number of hydrogen-bond donors (Lipinski definition) is 0. The molecule has 4 fully saturated rings. The predicted octanol–water partition coefficient (Wildman–Crippen LogP) is 9.11. The van der Waals surface area contributed by atoms with E-state index >= 15 is 0 Å². The maximum atomic E-state index is 9.46. The first-order valence-corrected chi connectivity index (χ1v) is 15.4. The second kappa shape index (κ2) is 9.34. The Kier molecular flexibility index (Phi) is 5.38. The Morgan fingerprint density at radius 2 is 1.30 bits per heavy atom.